The van der Waals surface area contributed by atoms with E-state index in [9.17, 15) is 4.39 Å². The van der Waals surface area contributed by atoms with Crippen LogP contribution in [0.4, 0.5) is 10.1 Å². The summed E-state index contributed by atoms with van der Waals surface area (Å²) >= 11 is 0. The Labute approximate surface area is 107 Å². The Morgan fingerprint density at radius 2 is 2.06 bits per heavy atom. The number of fused-ring (bicyclic) bond motifs is 1. The summed E-state index contributed by atoms with van der Waals surface area (Å²) in [5.74, 6) is 0.150. The van der Waals surface area contributed by atoms with Crippen molar-refractivity contribution in [1.82, 2.24) is 0 Å². The second-order valence-corrected chi connectivity index (χ2v) is 4.91. The minimum atomic E-state index is -0.153. The van der Waals surface area contributed by atoms with Crippen molar-refractivity contribution < 1.29 is 4.39 Å². The highest BCUT2D eigenvalue weighted by molar-refractivity contribution is 5.58. The normalized spacial score (nSPS) is 18.0. The quantitative estimate of drug-likeness (QED) is 0.793. The molecule has 0 aliphatic carbocycles. The van der Waals surface area contributed by atoms with Gasteiger partial charge >= 0.3 is 0 Å². The second-order valence-electron chi connectivity index (χ2n) is 4.91. The molecular formula is C16H16FN. The first-order valence-corrected chi connectivity index (χ1v) is 6.34. The highest BCUT2D eigenvalue weighted by Gasteiger charge is 2.21. The number of aryl methyl sites for hydroxylation is 1. The fourth-order valence-electron chi connectivity index (χ4n) is 2.71. The topological polar surface area (TPSA) is 12.0 Å². The van der Waals surface area contributed by atoms with Gasteiger partial charge in [-0.1, -0.05) is 29.8 Å². The van der Waals surface area contributed by atoms with E-state index in [0.717, 1.165) is 18.5 Å². The first-order chi connectivity index (χ1) is 8.74. The molecule has 92 valence electrons. The molecule has 18 heavy (non-hydrogen) atoms. The fourth-order valence-corrected chi connectivity index (χ4v) is 2.71. The van der Waals surface area contributed by atoms with Gasteiger partial charge < -0.3 is 5.32 Å². The molecule has 0 fully saturated rings. The maximum atomic E-state index is 13.4. The predicted octanol–water partition coefficient (Wildman–Crippen LogP) is 4.08. The third-order valence-electron chi connectivity index (χ3n) is 3.58. The van der Waals surface area contributed by atoms with Gasteiger partial charge in [0.15, 0.2) is 0 Å². The van der Waals surface area contributed by atoms with E-state index in [0.29, 0.717) is 5.92 Å². The average Bonchev–Trinajstić information content (AvgIpc) is 2.38. The summed E-state index contributed by atoms with van der Waals surface area (Å²) in [5.41, 5.74) is 4.79. The minimum absolute atomic E-state index is 0.153. The molecule has 0 amide bonds. The molecule has 2 aromatic carbocycles. The molecular weight excluding hydrogens is 225 g/mol. The Kier molecular flexibility index (Phi) is 2.78. The summed E-state index contributed by atoms with van der Waals surface area (Å²) in [7, 11) is 0. The molecule has 2 heteroatoms. The van der Waals surface area contributed by atoms with Crippen molar-refractivity contribution in [1.29, 1.82) is 0 Å². The summed E-state index contributed by atoms with van der Waals surface area (Å²) in [6, 6.07) is 13.4. The maximum Gasteiger partial charge on any atom is 0.123 e. The van der Waals surface area contributed by atoms with E-state index in [1.165, 1.54) is 22.9 Å². The molecule has 0 spiro atoms. The zero-order valence-corrected chi connectivity index (χ0v) is 10.4. The molecule has 1 aliphatic heterocycles. The van der Waals surface area contributed by atoms with Crippen LogP contribution in [0, 0.1) is 12.7 Å². The zero-order chi connectivity index (χ0) is 12.5. The van der Waals surface area contributed by atoms with Gasteiger partial charge in [0.25, 0.3) is 0 Å². The molecule has 3 rings (SSSR count). The average molecular weight is 241 g/mol. The Balaban J connectivity index is 2.08. The number of benzene rings is 2. The molecule has 2 aromatic rings. The van der Waals surface area contributed by atoms with Crippen molar-refractivity contribution in [3.63, 3.8) is 0 Å². The first-order valence-electron chi connectivity index (χ1n) is 6.34. The summed E-state index contributed by atoms with van der Waals surface area (Å²) < 4.78 is 13.4. The zero-order valence-electron chi connectivity index (χ0n) is 10.4. The van der Waals surface area contributed by atoms with Crippen LogP contribution in [-0.4, -0.2) is 6.54 Å². The van der Waals surface area contributed by atoms with E-state index in [-0.39, 0.29) is 5.82 Å². The van der Waals surface area contributed by atoms with Crippen molar-refractivity contribution in [3.8, 4) is 0 Å². The van der Waals surface area contributed by atoms with Crippen LogP contribution in [0.1, 0.15) is 29.0 Å². The molecule has 1 N–H and O–H groups in total. The molecule has 1 unspecified atom stereocenters. The predicted molar refractivity (Wildman–Crippen MR) is 72.5 cm³/mol. The minimum Gasteiger partial charge on any atom is -0.385 e. The van der Waals surface area contributed by atoms with Crippen LogP contribution in [0.3, 0.4) is 0 Å². The lowest BCUT2D eigenvalue weighted by Gasteiger charge is -2.27. The van der Waals surface area contributed by atoms with Gasteiger partial charge in [0, 0.05) is 18.2 Å². The van der Waals surface area contributed by atoms with E-state index in [1.807, 2.05) is 6.07 Å². The van der Waals surface area contributed by atoms with Crippen LogP contribution in [0.2, 0.25) is 0 Å². The molecule has 1 aliphatic rings. The summed E-state index contributed by atoms with van der Waals surface area (Å²) in [6.07, 6.45) is 1.01. The van der Waals surface area contributed by atoms with Crippen molar-refractivity contribution in [2.24, 2.45) is 0 Å². The second kappa shape index (κ2) is 4.45. The number of anilines is 1. The Bertz CT molecular complexity index is 577. The number of halogens is 1. The molecule has 1 heterocycles. The molecule has 0 saturated carbocycles. The smallest absolute Gasteiger partial charge is 0.123 e. The van der Waals surface area contributed by atoms with Gasteiger partial charge in [0.05, 0.1) is 0 Å². The SMILES string of the molecule is Cc1ccc2c(c1)C(c1cccc(F)c1)CCN2. The number of hydrogen-bond donors (Lipinski definition) is 1. The molecule has 1 atom stereocenters. The van der Waals surface area contributed by atoms with Gasteiger partial charge in [-0.25, -0.2) is 4.39 Å². The van der Waals surface area contributed by atoms with Crippen LogP contribution in [0.5, 0.6) is 0 Å². The molecule has 0 aromatic heterocycles. The van der Waals surface area contributed by atoms with Crippen LogP contribution in [0.25, 0.3) is 0 Å². The van der Waals surface area contributed by atoms with Gasteiger partial charge in [-0.05, 0) is 42.7 Å². The third-order valence-corrected chi connectivity index (χ3v) is 3.58. The summed E-state index contributed by atoms with van der Waals surface area (Å²) in [4.78, 5) is 0. The first kappa shape index (κ1) is 11.3. The van der Waals surface area contributed by atoms with Crippen LogP contribution < -0.4 is 5.32 Å². The fraction of sp³-hybridized carbons (Fsp3) is 0.250. The van der Waals surface area contributed by atoms with E-state index < -0.39 is 0 Å². The van der Waals surface area contributed by atoms with Crippen molar-refractivity contribution in [2.75, 3.05) is 11.9 Å². The molecule has 1 nitrogen and oxygen atoms in total. The van der Waals surface area contributed by atoms with Crippen LogP contribution in [-0.2, 0) is 0 Å². The highest BCUT2D eigenvalue weighted by atomic mass is 19.1. The van der Waals surface area contributed by atoms with E-state index in [2.05, 4.69) is 30.4 Å². The van der Waals surface area contributed by atoms with Crippen molar-refractivity contribution in [2.45, 2.75) is 19.3 Å². The maximum absolute atomic E-state index is 13.4. The van der Waals surface area contributed by atoms with E-state index in [1.54, 1.807) is 12.1 Å². The number of hydrogen-bond acceptors (Lipinski definition) is 1. The summed E-state index contributed by atoms with van der Waals surface area (Å²) in [6.45, 7) is 3.04. The standard InChI is InChI=1S/C16H16FN/c1-11-5-6-16-15(9-11)14(7-8-18-16)12-3-2-4-13(17)10-12/h2-6,9-10,14,18H,7-8H2,1H3. The lowest BCUT2D eigenvalue weighted by Crippen LogP contribution is -2.17. The van der Waals surface area contributed by atoms with Gasteiger partial charge in [0.1, 0.15) is 5.82 Å². The van der Waals surface area contributed by atoms with Crippen molar-refractivity contribution in [3.05, 3.63) is 65.0 Å². The lowest BCUT2D eigenvalue weighted by atomic mass is 9.84. The van der Waals surface area contributed by atoms with Gasteiger partial charge in [0.2, 0.25) is 0 Å². The summed E-state index contributed by atoms with van der Waals surface area (Å²) in [5, 5.41) is 3.41. The molecule has 0 bridgehead atoms. The van der Waals surface area contributed by atoms with Crippen molar-refractivity contribution >= 4 is 5.69 Å². The Hall–Kier alpha value is -1.83. The van der Waals surface area contributed by atoms with E-state index >= 15 is 0 Å². The third kappa shape index (κ3) is 1.99. The molecule has 0 saturated heterocycles. The van der Waals surface area contributed by atoms with Gasteiger partial charge in [-0.2, -0.15) is 0 Å². The lowest BCUT2D eigenvalue weighted by molar-refractivity contribution is 0.620. The van der Waals surface area contributed by atoms with Gasteiger partial charge in [-0.3, -0.25) is 0 Å². The highest BCUT2D eigenvalue weighted by Crippen LogP contribution is 2.37. The Morgan fingerprint density at radius 3 is 2.89 bits per heavy atom. The molecule has 0 radical (unpaired) electrons. The van der Waals surface area contributed by atoms with Crippen LogP contribution in [0.15, 0.2) is 42.5 Å². The largest absolute Gasteiger partial charge is 0.385 e. The Morgan fingerprint density at radius 1 is 1.17 bits per heavy atom. The van der Waals surface area contributed by atoms with Gasteiger partial charge in [-0.15, -0.1) is 0 Å². The number of nitrogens with one attached hydrogen (secondary N) is 1. The monoisotopic (exact) mass is 241 g/mol. The number of rotatable bonds is 1. The van der Waals surface area contributed by atoms with Crippen LogP contribution >= 0.6 is 0 Å². The van der Waals surface area contributed by atoms with E-state index in [4.69, 9.17) is 0 Å².